The minimum atomic E-state index is -1.01. The summed E-state index contributed by atoms with van der Waals surface area (Å²) >= 11 is 1.43. The van der Waals surface area contributed by atoms with Gasteiger partial charge in [0.2, 0.25) is 5.91 Å². The van der Waals surface area contributed by atoms with Crippen molar-refractivity contribution in [3.05, 3.63) is 16.1 Å². The number of likely N-dealkylation sites (N-methyl/N-ethyl adjacent to an activating group) is 1. The lowest BCUT2D eigenvalue weighted by Crippen LogP contribution is -2.41. The normalized spacial score (nSPS) is 12.2. The maximum Gasteiger partial charge on any atom is 0.326 e. The minimum Gasteiger partial charge on any atom is -0.480 e. The van der Waals surface area contributed by atoms with Crippen molar-refractivity contribution in [3.63, 3.8) is 0 Å². The molecule has 1 heterocycles. The Morgan fingerprint density at radius 3 is 2.71 bits per heavy atom. The minimum absolute atomic E-state index is 0.165. The van der Waals surface area contributed by atoms with Crippen LogP contribution in [0.3, 0.4) is 0 Å². The average Bonchev–Trinajstić information content (AvgIpc) is 2.74. The molecule has 1 atom stereocenters. The number of hydrogen-bond acceptors (Lipinski definition) is 4. The predicted molar refractivity (Wildman–Crippen MR) is 65.1 cm³/mol. The van der Waals surface area contributed by atoms with Gasteiger partial charge in [0.25, 0.3) is 0 Å². The van der Waals surface area contributed by atoms with E-state index in [0.717, 1.165) is 17.1 Å². The standard InChI is InChI=1S/C11H16N2O3S/c1-4-8-6-17-9(12-8)5-10(14)13(3)7(2)11(15)16/h6-7H,4-5H2,1-3H3,(H,15,16). The second-order valence-corrected chi connectivity index (χ2v) is 4.72. The first kappa shape index (κ1) is 13.6. The van der Waals surface area contributed by atoms with Gasteiger partial charge in [-0.25, -0.2) is 9.78 Å². The zero-order valence-corrected chi connectivity index (χ0v) is 11.0. The molecule has 0 aromatic carbocycles. The van der Waals surface area contributed by atoms with Gasteiger partial charge in [-0.3, -0.25) is 4.79 Å². The van der Waals surface area contributed by atoms with Gasteiger partial charge >= 0.3 is 5.97 Å². The summed E-state index contributed by atoms with van der Waals surface area (Å²) in [6.07, 6.45) is 1.00. The number of carboxylic acids is 1. The average molecular weight is 256 g/mol. The van der Waals surface area contributed by atoms with Crippen LogP contribution in [0.25, 0.3) is 0 Å². The number of aryl methyl sites for hydroxylation is 1. The van der Waals surface area contributed by atoms with Crippen molar-refractivity contribution >= 4 is 23.2 Å². The Kier molecular flexibility index (Phi) is 4.62. The summed E-state index contributed by atoms with van der Waals surface area (Å²) < 4.78 is 0. The highest BCUT2D eigenvalue weighted by molar-refractivity contribution is 7.09. The van der Waals surface area contributed by atoms with Gasteiger partial charge in [-0.1, -0.05) is 6.92 Å². The molecule has 5 nitrogen and oxygen atoms in total. The highest BCUT2D eigenvalue weighted by atomic mass is 32.1. The fourth-order valence-electron chi connectivity index (χ4n) is 1.23. The molecule has 1 aromatic heterocycles. The van der Waals surface area contributed by atoms with Gasteiger partial charge in [-0.2, -0.15) is 0 Å². The van der Waals surface area contributed by atoms with Gasteiger partial charge in [0, 0.05) is 12.4 Å². The summed E-state index contributed by atoms with van der Waals surface area (Å²) in [5.41, 5.74) is 0.965. The quantitative estimate of drug-likeness (QED) is 0.858. The lowest BCUT2D eigenvalue weighted by molar-refractivity contribution is -0.148. The number of carbonyl (C=O) groups is 2. The number of aliphatic carboxylic acids is 1. The molecule has 94 valence electrons. The van der Waals surface area contributed by atoms with Crippen molar-refractivity contribution in [1.82, 2.24) is 9.88 Å². The summed E-state index contributed by atoms with van der Waals surface area (Å²) in [5.74, 6) is -1.23. The summed E-state index contributed by atoms with van der Waals surface area (Å²) in [6, 6.07) is -0.812. The van der Waals surface area contributed by atoms with Gasteiger partial charge in [-0.15, -0.1) is 11.3 Å². The van der Waals surface area contributed by atoms with Crippen LogP contribution in [0.4, 0.5) is 0 Å². The maximum absolute atomic E-state index is 11.8. The van der Waals surface area contributed by atoms with Gasteiger partial charge in [-0.05, 0) is 13.3 Å². The van der Waals surface area contributed by atoms with Crippen LogP contribution in [-0.2, 0) is 22.4 Å². The van der Waals surface area contributed by atoms with E-state index < -0.39 is 12.0 Å². The molecular formula is C11H16N2O3S. The van der Waals surface area contributed by atoms with Gasteiger partial charge < -0.3 is 10.0 Å². The molecule has 0 aliphatic rings. The summed E-state index contributed by atoms with van der Waals surface area (Å²) in [5, 5.41) is 11.5. The Labute approximate surface area is 104 Å². The van der Waals surface area contributed by atoms with E-state index in [1.54, 1.807) is 0 Å². The molecule has 0 fully saturated rings. The van der Waals surface area contributed by atoms with E-state index in [1.165, 1.54) is 30.2 Å². The number of nitrogens with zero attached hydrogens (tertiary/aromatic N) is 2. The first-order chi connectivity index (χ1) is 7.95. The molecular weight excluding hydrogens is 240 g/mol. The third-order valence-corrected chi connectivity index (χ3v) is 3.49. The number of amides is 1. The van der Waals surface area contributed by atoms with Crippen LogP contribution in [0, 0.1) is 0 Å². The van der Waals surface area contributed by atoms with Gasteiger partial charge in [0.05, 0.1) is 12.1 Å². The van der Waals surface area contributed by atoms with E-state index in [2.05, 4.69) is 4.98 Å². The second kappa shape index (κ2) is 5.77. The number of carboxylic acid groups (broad SMARTS) is 1. The van der Waals surface area contributed by atoms with E-state index in [-0.39, 0.29) is 12.3 Å². The SMILES string of the molecule is CCc1csc(CC(=O)N(C)C(C)C(=O)O)n1. The largest absolute Gasteiger partial charge is 0.480 e. The molecule has 17 heavy (non-hydrogen) atoms. The number of thiazole rings is 1. The van der Waals surface area contributed by atoms with Crippen molar-refractivity contribution in [1.29, 1.82) is 0 Å². The van der Waals surface area contributed by atoms with Gasteiger partial charge in [0.15, 0.2) is 0 Å². The van der Waals surface area contributed by atoms with E-state index in [1.807, 2.05) is 12.3 Å². The molecule has 0 saturated heterocycles. The molecule has 0 aliphatic heterocycles. The van der Waals surface area contributed by atoms with E-state index in [0.29, 0.717) is 0 Å². The van der Waals surface area contributed by atoms with Crippen LogP contribution in [-0.4, -0.2) is 40.0 Å². The summed E-state index contributed by atoms with van der Waals surface area (Å²) in [6.45, 7) is 3.48. The van der Waals surface area contributed by atoms with Crippen molar-refractivity contribution in [3.8, 4) is 0 Å². The van der Waals surface area contributed by atoms with Crippen molar-refractivity contribution in [2.24, 2.45) is 0 Å². The molecule has 1 N–H and O–H groups in total. The molecule has 1 amide bonds. The van der Waals surface area contributed by atoms with Crippen LogP contribution >= 0.6 is 11.3 Å². The Morgan fingerprint density at radius 2 is 2.24 bits per heavy atom. The fourth-order valence-corrected chi connectivity index (χ4v) is 2.10. The first-order valence-corrected chi connectivity index (χ1v) is 6.25. The fraction of sp³-hybridized carbons (Fsp3) is 0.545. The molecule has 0 aliphatic carbocycles. The predicted octanol–water partition coefficient (Wildman–Crippen LogP) is 1.18. The molecule has 6 heteroatoms. The maximum atomic E-state index is 11.8. The van der Waals surface area contributed by atoms with E-state index in [9.17, 15) is 9.59 Å². The molecule has 1 rings (SSSR count). The van der Waals surface area contributed by atoms with Gasteiger partial charge in [0.1, 0.15) is 11.0 Å². The number of hydrogen-bond donors (Lipinski definition) is 1. The number of aromatic nitrogens is 1. The van der Waals surface area contributed by atoms with E-state index in [4.69, 9.17) is 5.11 Å². The lowest BCUT2D eigenvalue weighted by atomic mass is 10.2. The Balaban J connectivity index is 2.62. The monoisotopic (exact) mass is 256 g/mol. The smallest absolute Gasteiger partial charge is 0.326 e. The summed E-state index contributed by atoms with van der Waals surface area (Å²) in [4.78, 5) is 28.0. The van der Waals surface area contributed by atoms with Crippen molar-refractivity contribution in [2.75, 3.05) is 7.05 Å². The number of rotatable bonds is 5. The number of carbonyl (C=O) groups excluding carboxylic acids is 1. The Bertz CT molecular complexity index is 417. The molecule has 0 bridgehead atoms. The molecule has 0 spiro atoms. The molecule has 0 radical (unpaired) electrons. The summed E-state index contributed by atoms with van der Waals surface area (Å²) in [7, 11) is 1.50. The highest BCUT2D eigenvalue weighted by Crippen LogP contribution is 2.12. The van der Waals surface area contributed by atoms with Crippen molar-refractivity contribution in [2.45, 2.75) is 32.7 Å². The molecule has 1 aromatic rings. The van der Waals surface area contributed by atoms with Crippen LogP contribution < -0.4 is 0 Å². The van der Waals surface area contributed by atoms with Crippen LogP contribution in [0.1, 0.15) is 24.5 Å². The zero-order chi connectivity index (χ0) is 13.0. The zero-order valence-electron chi connectivity index (χ0n) is 10.1. The van der Waals surface area contributed by atoms with Crippen molar-refractivity contribution < 1.29 is 14.7 Å². The third-order valence-electron chi connectivity index (χ3n) is 2.60. The highest BCUT2D eigenvalue weighted by Gasteiger charge is 2.22. The van der Waals surface area contributed by atoms with Crippen LogP contribution in [0.5, 0.6) is 0 Å². The van der Waals surface area contributed by atoms with E-state index >= 15 is 0 Å². The third kappa shape index (κ3) is 3.52. The molecule has 1 unspecified atom stereocenters. The molecule has 0 saturated carbocycles. The second-order valence-electron chi connectivity index (χ2n) is 3.78. The topological polar surface area (TPSA) is 70.5 Å². The Morgan fingerprint density at radius 1 is 1.59 bits per heavy atom. The Hall–Kier alpha value is -1.43. The first-order valence-electron chi connectivity index (χ1n) is 5.37. The van der Waals surface area contributed by atoms with Crippen LogP contribution in [0.15, 0.2) is 5.38 Å². The van der Waals surface area contributed by atoms with Crippen LogP contribution in [0.2, 0.25) is 0 Å². The lowest BCUT2D eigenvalue weighted by Gasteiger charge is -2.20.